The first-order valence-corrected chi connectivity index (χ1v) is 9.45. The van der Waals surface area contributed by atoms with E-state index in [4.69, 9.17) is 0 Å². The third-order valence-electron chi connectivity index (χ3n) is 4.08. The number of nitrogens with zero attached hydrogens (tertiary/aromatic N) is 4. The lowest BCUT2D eigenvalue weighted by molar-refractivity contribution is -0.113. The summed E-state index contributed by atoms with van der Waals surface area (Å²) in [5.74, 6) is 0.116. The highest BCUT2D eigenvalue weighted by molar-refractivity contribution is 7.99. The number of rotatable bonds is 5. The molecule has 1 N–H and O–H groups in total. The van der Waals surface area contributed by atoms with Gasteiger partial charge in [0.1, 0.15) is 0 Å². The minimum absolute atomic E-state index is 0.102. The molecule has 0 aliphatic carbocycles. The largest absolute Gasteiger partial charge is 0.325 e. The number of fused-ring (bicyclic) bond motifs is 1. The lowest BCUT2D eigenvalue weighted by Gasteiger charge is -2.09. The number of hydrogen-bond donors (Lipinski definition) is 1. The number of carbonyl (C=O) groups is 1. The quantitative estimate of drug-likeness (QED) is 0.536. The Balaban J connectivity index is 1.47. The first kappa shape index (κ1) is 17.2. The van der Waals surface area contributed by atoms with E-state index in [9.17, 15) is 4.79 Å². The van der Waals surface area contributed by atoms with Gasteiger partial charge < -0.3 is 5.32 Å². The minimum atomic E-state index is -0.102. The summed E-state index contributed by atoms with van der Waals surface area (Å²) in [7, 11) is 0. The molecule has 1 heterocycles. The van der Waals surface area contributed by atoms with E-state index in [1.807, 2.05) is 73.7 Å². The van der Waals surface area contributed by atoms with Crippen LogP contribution in [-0.4, -0.2) is 31.9 Å². The van der Waals surface area contributed by atoms with Crippen molar-refractivity contribution in [3.8, 4) is 5.69 Å². The number of tetrazole rings is 1. The molecule has 4 rings (SSSR count). The molecule has 0 aliphatic rings. The molecule has 4 aromatic rings. The van der Waals surface area contributed by atoms with Crippen molar-refractivity contribution in [3.63, 3.8) is 0 Å². The number of nitrogens with one attached hydrogen (secondary N) is 1. The van der Waals surface area contributed by atoms with Gasteiger partial charge in [0.15, 0.2) is 0 Å². The monoisotopic (exact) mass is 375 g/mol. The fourth-order valence-corrected chi connectivity index (χ4v) is 3.53. The molecule has 0 saturated heterocycles. The Bertz CT molecular complexity index is 1100. The first-order valence-electron chi connectivity index (χ1n) is 8.46. The fourth-order valence-electron chi connectivity index (χ4n) is 2.84. The molecule has 7 heteroatoms. The van der Waals surface area contributed by atoms with E-state index in [1.165, 1.54) is 11.8 Å². The van der Waals surface area contributed by atoms with Crippen molar-refractivity contribution in [1.29, 1.82) is 0 Å². The van der Waals surface area contributed by atoms with Crippen LogP contribution in [-0.2, 0) is 4.79 Å². The summed E-state index contributed by atoms with van der Waals surface area (Å²) in [4.78, 5) is 12.4. The molecule has 0 spiro atoms. The van der Waals surface area contributed by atoms with Crippen molar-refractivity contribution < 1.29 is 4.79 Å². The number of benzene rings is 3. The van der Waals surface area contributed by atoms with Gasteiger partial charge in [0, 0.05) is 11.1 Å². The molecule has 0 radical (unpaired) electrons. The fraction of sp³-hybridized carbons (Fsp3) is 0.100. The van der Waals surface area contributed by atoms with Crippen LogP contribution in [0.5, 0.6) is 0 Å². The Morgan fingerprint density at radius 3 is 2.78 bits per heavy atom. The summed E-state index contributed by atoms with van der Waals surface area (Å²) in [6, 6.07) is 21.7. The molecule has 0 unspecified atom stereocenters. The van der Waals surface area contributed by atoms with E-state index >= 15 is 0 Å². The zero-order valence-corrected chi connectivity index (χ0v) is 15.5. The number of aryl methyl sites for hydroxylation is 1. The van der Waals surface area contributed by atoms with Gasteiger partial charge in [0.05, 0.1) is 11.4 Å². The van der Waals surface area contributed by atoms with Crippen LogP contribution in [0.3, 0.4) is 0 Å². The van der Waals surface area contributed by atoms with Crippen LogP contribution in [0.25, 0.3) is 16.5 Å². The smallest absolute Gasteiger partial charge is 0.234 e. The Morgan fingerprint density at radius 1 is 1.07 bits per heavy atom. The topological polar surface area (TPSA) is 72.7 Å². The first-order chi connectivity index (χ1) is 13.2. The van der Waals surface area contributed by atoms with Gasteiger partial charge in [-0.05, 0) is 46.5 Å². The van der Waals surface area contributed by atoms with Crippen molar-refractivity contribution in [2.24, 2.45) is 0 Å². The highest BCUT2D eigenvalue weighted by atomic mass is 32.2. The molecular weight excluding hydrogens is 358 g/mol. The number of anilines is 1. The van der Waals surface area contributed by atoms with E-state index in [1.54, 1.807) is 4.68 Å². The van der Waals surface area contributed by atoms with Gasteiger partial charge in [0.2, 0.25) is 11.1 Å². The van der Waals surface area contributed by atoms with Crippen LogP contribution in [0.15, 0.2) is 71.9 Å². The van der Waals surface area contributed by atoms with Crippen LogP contribution in [0.1, 0.15) is 5.56 Å². The highest BCUT2D eigenvalue weighted by Gasteiger charge is 2.12. The Labute approximate surface area is 160 Å². The van der Waals surface area contributed by atoms with Gasteiger partial charge in [-0.1, -0.05) is 60.3 Å². The molecule has 6 nitrogen and oxygen atoms in total. The van der Waals surface area contributed by atoms with Gasteiger partial charge in [0.25, 0.3) is 0 Å². The molecule has 27 heavy (non-hydrogen) atoms. The third kappa shape index (κ3) is 3.83. The standard InChI is InChI=1S/C20H17N5OS/c1-14-6-4-9-16(12-14)25-20(22-23-24-25)27-13-19(26)21-18-11-5-8-15-7-2-3-10-17(15)18/h2-12H,13H2,1H3,(H,21,26). The summed E-state index contributed by atoms with van der Waals surface area (Å²) >= 11 is 1.30. The Kier molecular flexibility index (Phi) is 4.84. The second-order valence-electron chi connectivity index (χ2n) is 6.08. The average Bonchev–Trinajstić information content (AvgIpc) is 3.15. The van der Waals surface area contributed by atoms with Crippen LogP contribution >= 0.6 is 11.8 Å². The van der Waals surface area contributed by atoms with E-state index < -0.39 is 0 Å². The van der Waals surface area contributed by atoms with Gasteiger partial charge in [-0.25, -0.2) is 0 Å². The Hall–Kier alpha value is -3.19. The van der Waals surface area contributed by atoms with Crippen LogP contribution in [0, 0.1) is 6.92 Å². The van der Waals surface area contributed by atoms with Crippen molar-refractivity contribution in [3.05, 3.63) is 72.3 Å². The van der Waals surface area contributed by atoms with Crippen LogP contribution in [0.4, 0.5) is 5.69 Å². The maximum atomic E-state index is 12.4. The molecule has 0 atom stereocenters. The van der Waals surface area contributed by atoms with Gasteiger partial charge >= 0.3 is 0 Å². The SMILES string of the molecule is Cc1cccc(-n2nnnc2SCC(=O)Nc2cccc3ccccc23)c1. The predicted octanol–water partition coefficient (Wildman–Crippen LogP) is 3.85. The average molecular weight is 375 g/mol. The van der Waals surface area contributed by atoms with Gasteiger partial charge in [-0.3, -0.25) is 4.79 Å². The predicted molar refractivity (Wildman–Crippen MR) is 107 cm³/mol. The maximum Gasteiger partial charge on any atom is 0.234 e. The number of hydrogen-bond acceptors (Lipinski definition) is 5. The van der Waals surface area contributed by atoms with E-state index in [0.29, 0.717) is 5.16 Å². The van der Waals surface area contributed by atoms with Crippen molar-refractivity contribution >= 4 is 34.1 Å². The number of amides is 1. The second-order valence-corrected chi connectivity index (χ2v) is 7.02. The zero-order chi connectivity index (χ0) is 18.6. The second kappa shape index (κ2) is 7.59. The van der Waals surface area contributed by atoms with Crippen LogP contribution in [0.2, 0.25) is 0 Å². The third-order valence-corrected chi connectivity index (χ3v) is 5.00. The molecule has 134 valence electrons. The van der Waals surface area contributed by atoms with Crippen molar-refractivity contribution in [2.75, 3.05) is 11.1 Å². The summed E-state index contributed by atoms with van der Waals surface area (Å²) in [6.07, 6.45) is 0. The maximum absolute atomic E-state index is 12.4. The van der Waals surface area contributed by atoms with Crippen molar-refractivity contribution in [2.45, 2.75) is 12.1 Å². The number of thioether (sulfide) groups is 1. The van der Waals surface area contributed by atoms with E-state index in [2.05, 4.69) is 20.8 Å². The minimum Gasteiger partial charge on any atom is -0.325 e. The molecule has 3 aromatic carbocycles. The summed E-state index contributed by atoms with van der Waals surface area (Å²) < 4.78 is 1.64. The summed E-state index contributed by atoms with van der Waals surface area (Å²) in [5.41, 5.74) is 2.79. The lowest BCUT2D eigenvalue weighted by Crippen LogP contribution is -2.14. The van der Waals surface area contributed by atoms with E-state index in [0.717, 1.165) is 27.7 Å². The lowest BCUT2D eigenvalue weighted by atomic mass is 10.1. The molecule has 0 aliphatic heterocycles. The zero-order valence-electron chi connectivity index (χ0n) is 14.7. The summed E-state index contributed by atoms with van der Waals surface area (Å²) in [6.45, 7) is 2.01. The molecular formula is C20H17N5OS. The van der Waals surface area contributed by atoms with Gasteiger partial charge in [-0.2, -0.15) is 4.68 Å². The normalized spacial score (nSPS) is 10.9. The molecule has 1 aromatic heterocycles. The Morgan fingerprint density at radius 2 is 1.89 bits per heavy atom. The number of carbonyl (C=O) groups excluding carboxylic acids is 1. The number of aromatic nitrogens is 4. The van der Waals surface area contributed by atoms with E-state index in [-0.39, 0.29) is 11.7 Å². The molecule has 0 fully saturated rings. The summed E-state index contributed by atoms with van der Waals surface area (Å²) in [5, 5.41) is 17.5. The van der Waals surface area contributed by atoms with Gasteiger partial charge in [-0.15, -0.1) is 5.10 Å². The van der Waals surface area contributed by atoms with Crippen LogP contribution < -0.4 is 5.32 Å². The van der Waals surface area contributed by atoms with Crippen molar-refractivity contribution in [1.82, 2.24) is 20.2 Å². The molecule has 0 saturated carbocycles. The molecule has 0 bridgehead atoms. The highest BCUT2D eigenvalue weighted by Crippen LogP contribution is 2.24. The molecule has 1 amide bonds.